The monoisotopic (exact) mass is 670 g/mol. The first-order valence-electron chi connectivity index (χ1n) is 15.8. The minimum atomic E-state index is -1.15. The van der Waals surface area contributed by atoms with Gasteiger partial charge in [0.15, 0.2) is 0 Å². The number of aryl methyl sites for hydroxylation is 4. The molecule has 260 valence electrons. The van der Waals surface area contributed by atoms with Crippen LogP contribution >= 0.6 is 0 Å². The van der Waals surface area contributed by atoms with E-state index < -0.39 is 29.6 Å². The Bertz CT molecular complexity index is 1750. The summed E-state index contributed by atoms with van der Waals surface area (Å²) in [5, 5.41) is 14.8. The molecule has 0 saturated heterocycles. The fourth-order valence-corrected chi connectivity index (χ4v) is 4.54. The molecule has 0 saturated carbocycles. The standard InChI is InChI=1S/C21H27N3O4.C16H19N3O2/c1-13-7-8-14(2)17(11-13)28-18-10-9-16(12-22-18)23-19(25)15(3)24(20(26)27)21(4,5)6;1-10-4-5-11(2)14(8-10)21-15-7-6-13(9-18-15)19-16(20)12(3)17/h7-12,15H,1-6H3,(H,23,25)(H,26,27);4-9,12H,17H2,1-3H3,(H,19,20)/t15-;12-/m11/s1. The molecule has 0 bridgehead atoms. The van der Waals surface area contributed by atoms with Gasteiger partial charge in [0.2, 0.25) is 23.6 Å². The number of aromatic nitrogens is 2. The van der Waals surface area contributed by atoms with E-state index in [4.69, 9.17) is 15.2 Å². The van der Waals surface area contributed by atoms with Crippen LogP contribution in [0.25, 0.3) is 0 Å². The third-order valence-corrected chi connectivity index (χ3v) is 7.23. The molecule has 0 aliphatic heterocycles. The van der Waals surface area contributed by atoms with Crippen molar-refractivity contribution < 1.29 is 29.0 Å². The van der Waals surface area contributed by atoms with Crippen molar-refractivity contribution in [3.8, 4) is 23.3 Å². The Hall–Kier alpha value is -5.49. The van der Waals surface area contributed by atoms with Crippen molar-refractivity contribution in [2.24, 2.45) is 5.73 Å². The Morgan fingerprint density at radius 3 is 1.51 bits per heavy atom. The van der Waals surface area contributed by atoms with E-state index in [1.54, 1.807) is 65.1 Å². The molecule has 2 atom stereocenters. The second kappa shape index (κ2) is 16.6. The molecular weight excluding hydrogens is 624 g/mol. The summed E-state index contributed by atoms with van der Waals surface area (Å²) in [6, 6.07) is 17.2. The van der Waals surface area contributed by atoms with Crippen LogP contribution in [0, 0.1) is 27.7 Å². The molecule has 0 spiro atoms. The van der Waals surface area contributed by atoms with Crippen molar-refractivity contribution in [3.63, 3.8) is 0 Å². The lowest BCUT2D eigenvalue weighted by molar-refractivity contribution is -0.121. The van der Waals surface area contributed by atoms with Gasteiger partial charge in [0.05, 0.1) is 29.8 Å². The van der Waals surface area contributed by atoms with Crippen molar-refractivity contribution >= 4 is 29.3 Å². The molecule has 4 aromatic rings. The number of nitrogens with two attached hydrogens (primary N) is 1. The summed E-state index contributed by atoms with van der Waals surface area (Å²) < 4.78 is 11.6. The molecule has 3 amide bonds. The predicted octanol–water partition coefficient (Wildman–Crippen LogP) is 7.37. The highest BCUT2D eigenvalue weighted by Gasteiger charge is 2.34. The van der Waals surface area contributed by atoms with Gasteiger partial charge in [-0.25, -0.2) is 14.8 Å². The minimum Gasteiger partial charge on any atom is -0.465 e. The van der Waals surface area contributed by atoms with Crippen LogP contribution in [0.4, 0.5) is 16.2 Å². The van der Waals surface area contributed by atoms with Crippen molar-refractivity contribution in [1.82, 2.24) is 14.9 Å². The number of nitrogens with zero attached hydrogens (tertiary/aromatic N) is 3. The number of pyridine rings is 2. The van der Waals surface area contributed by atoms with Crippen molar-refractivity contribution in [1.29, 1.82) is 0 Å². The Kier molecular flexibility index (Phi) is 12.8. The number of benzene rings is 2. The molecular formula is C37H46N6O6. The van der Waals surface area contributed by atoms with Gasteiger partial charge in [-0.15, -0.1) is 0 Å². The third kappa shape index (κ3) is 11.3. The first-order chi connectivity index (χ1) is 22.9. The quantitative estimate of drug-likeness (QED) is 0.142. The van der Waals surface area contributed by atoms with Gasteiger partial charge in [-0.3, -0.25) is 14.5 Å². The van der Waals surface area contributed by atoms with Crippen molar-refractivity contribution in [2.45, 2.75) is 79.9 Å². The summed E-state index contributed by atoms with van der Waals surface area (Å²) in [5.41, 5.74) is 10.1. The first kappa shape index (κ1) is 38.0. The van der Waals surface area contributed by atoms with Crippen LogP contribution in [-0.2, 0) is 9.59 Å². The van der Waals surface area contributed by atoms with E-state index in [0.717, 1.165) is 38.7 Å². The van der Waals surface area contributed by atoms with Gasteiger partial charge in [0.1, 0.15) is 17.5 Å². The van der Waals surface area contributed by atoms with E-state index in [-0.39, 0.29) is 5.91 Å². The Balaban J connectivity index is 0.000000276. The van der Waals surface area contributed by atoms with Gasteiger partial charge in [0, 0.05) is 17.7 Å². The van der Waals surface area contributed by atoms with Crippen LogP contribution in [0.3, 0.4) is 0 Å². The van der Waals surface area contributed by atoms with E-state index in [9.17, 15) is 19.5 Å². The topological polar surface area (TPSA) is 169 Å². The van der Waals surface area contributed by atoms with Gasteiger partial charge in [-0.1, -0.05) is 24.3 Å². The molecule has 4 rings (SSSR count). The molecule has 0 fully saturated rings. The molecule has 49 heavy (non-hydrogen) atoms. The number of carboxylic acid groups (broad SMARTS) is 1. The fourth-order valence-electron chi connectivity index (χ4n) is 4.54. The maximum absolute atomic E-state index is 12.5. The number of anilines is 2. The van der Waals surface area contributed by atoms with E-state index in [1.165, 1.54) is 6.20 Å². The molecule has 12 nitrogen and oxygen atoms in total. The zero-order valence-electron chi connectivity index (χ0n) is 29.5. The number of carbonyl (C=O) groups is 3. The van der Waals surface area contributed by atoms with E-state index in [0.29, 0.717) is 23.1 Å². The average Bonchev–Trinajstić information content (AvgIpc) is 3.02. The highest BCUT2D eigenvalue weighted by Crippen LogP contribution is 2.27. The van der Waals surface area contributed by atoms with Crippen LogP contribution in [-0.4, -0.2) is 55.5 Å². The zero-order valence-corrected chi connectivity index (χ0v) is 29.5. The highest BCUT2D eigenvalue weighted by atomic mass is 16.5. The van der Waals surface area contributed by atoms with Crippen LogP contribution in [0.2, 0.25) is 0 Å². The molecule has 0 aliphatic carbocycles. The number of amides is 3. The highest BCUT2D eigenvalue weighted by molar-refractivity contribution is 5.96. The molecule has 2 heterocycles. The lowest BCUT2D eigenvalue weighted by Gasteiger charge is -2.37. The van der Waals surface area contributed by atoms with E-state index in [1.807, 2.05) is 64.1 Å². The summed E-state index contributed by atoms with van der Waals surface area (Å²) >= 11 is 0. The molecule has 12 heteroatoms. The van der Waals surface area contributed by atoms with Crippen molar-refractivity contribution in [3.05, 3.63) is 95.3 Å². The summed E-state index contributed by atoms with van der Waals surface area (Å²) in [6.45, 7) is 16.3. The summed E-state index contributed by atoms with van der Waals surface area (Å²) in [7, 11) is 0. The second-order valence-corrected chi connectivity index (χ2v) is 12.8. The molecule has 5 N–H and O–H groups in total. The maximum atomic E-state index is 12.5. The van der Waals surface area contributed by atoms with Crippen LogP contribution in [0.15, 0.2) is 73.1 Å². The second-order valence-electron chi connectivity index (χ2n) is 12.8. The molecule has 2 aromatic carbocycles. The number of ether oxygens (including phenoxy) is 2. The van der Waals surface area contributed by atoms with Gasteiger partial charge in [-0.05, 0) is 109 Å². The molecule has 0 radical (unpaired) electrons. The van der Waals surface area contributed by atoms with E-state index >= 15 is 0 Å². The molecule has 2 aromatic heterocycles. The fraction of sp³-hybridized carbons (Fsp3) is 0.324. The number of nitrogens with one attached hydrogen (secondary N) is 2. The number of hydrogen-bond donors (Lipinski definition) is 4. The van der Waals surface area contributed by atoms with Gasteiger partial charge in [0.25, 0.3) is 0 Å². The summed E-state index contributed by atoms with van der Waals surface area (Å²) in [6.07, 6.45) is 1.87. The van der Waals surface area contributed by atoms with Gasteiger partial charge in [-0.2, -0.15) is 0 Å². The van der Waals surface area contributed by atoms with Crippen LogP contribution < -0.4 is 25.8 Å². The summed E-state index contributed by atoms with van der Waals surface area (Å²) in [4.78, 5) is 45.0. The Labute approximate surface area is 287 Å². The number of carbonyl (C=O) groups excluding carboxylic acids is 2. The van der Waals surface area contributed by atoms with E-state index in [2.05, 4.69) is 20.6 Å². The van der Waals surface area contributed by atoms with Gasteiger partial charge >= 0.3 is 6.09 Å². The SMILES string of the molecule is Cc1ccc(C)c(Oc2ccc(NC(=O)[C@@H](C)N(C(=O)O)C(C)(C)C)cn2)c1.Cc1ccc(C)c(Oc2ccc(NC(=O)[C@@H](C)N)cn2)c1. The minimum absolute atomic E-state index is 0.250. The van der Waals surface area contributed by atoms with Crippen LogP contribution in [0.1, 0.15) is 56.9 Å². The molecule has 0 unspecified atom stereocenters. The predicted molar refractivity (Wildman–Crippen MR) is 190 cm³/mol. The third-order valence-electron chi connectivity index (χ3n) is 7.23. The Morgan fingerprint density at radius 1 is 0.735 bits per heavy atom. The zero-order chi connectivity index (χ0) is 36.5. The first-order valence-corrected chi connectivity index (χ1v) is 15.8. The largest absolute Gasteiger partial charge is 0.465 e. The lowest BCUT2D eigenvalue weighted by Crippen LogP contribution is -2.54. The number of hydrogen-bond acceptors (Lipinski definition) is 8. The maximum Gasteiger partial charge on any atom is 0.408 e. The summed E-state index contributed by atoms with van der Waals surface area (Å²) in [5.74, 6) is 1.70. The Morgan fingerprint density at radius 2 is 1.16 bits per heavy atom. The molecule has 0 aliphatic rings. The van der Waals surface area contributed by atoms with Gasteiger partial charge < -0.3 is 30.9 Å². The van der Waals surface area contributed by atoms with Crippen molar-refractivity contribution in [2.75, 3.05) is 10.6 Å². The average molecular weight is 671 g/mol. The normalized spacial score (nSPS) is 12.0. The van der Waals surface area contributed by atoms with Crippen LogP contribution in [0.5, 0.6) is 23.3 Å². The lowest BCUT2D eigenvalue weighted by atomic mass is 10.0. The smallest absolute Gasteiger partial charge is 0.408 e. The number of rotatable bonds is 9.